The van der Waals surface area contributed by atoms with Gasteiger partial charge in [0.15, 0.2) is 0 Å². The van der Waals surface area contributed by atoms with Crippen molar-refractivity contribution >= 4 is 29.8 Å². The molecule has 1 aliphatic rings. The summed E-state index contributed by atoms with van der Waals surface area (Å²) in [6, 6.07) is 19.8. The molecule has 0 aliphatic carbocycles. The average molecular weight is 447 g/mol. The van der Waals surface area contributed by atoms with Crippen molar-refractivity contribution in [3.8, 4) is 0 Å². The zero-order valence-corrected chi connectivity index (χ0v) is 19.0. The molecule has 1 aromatic heterocycles. The Hall–Kier alpha value is -3.32. The smallest absolute Gasteiger partial charge is 0.338 e. The van der Waals surface area contributed by atoms with Gasteiger partial charge < -0.3 is 10.1 Å². The van der Waals surface area contributed by atoms with E-state index in [1.165, 1.54) is 5.56 Å². The van der Waals surface area contributed by atoms with Gasteiger partial charge in [-0.1, -0.05) is 91.5 Å². The summed E-state index contributed by atoms with van der Waals surface area (Å²) in [5.74, 6) is 1.05. The quantitative estimate of drug-likeness (QED) is 0.365. The molecule has 1 N–H and O–H groups in total. The van der Waals surface area contributed by atoms with E-state index in [2.05, 4.69) is 22.4 Å². The number of hydrogen-bond donors (Lipinski definition) is 1. The number of aromatic nitrogens is 3. The Kier molecular flexibility index (Phi) is 7.07. The molecule has 0 fully saturated rings. The minimum absolute atomic E-state index is 0.334. The first-order valence-electron chi connectivity index (χ1n) is 10.7. The third kappa shape index (κ3) is 5.11. The topological polar surface area (TPSA) is 69.0 Å². The molecular weight excluding hydrogens is 420 g/mol. The summed E-state index contributed by atoms with van der Waals surface area (Å²) in [6.07, 6.45) is 4.75. The Labute approximate surface area is 192 Å². The highest BCUT2D eigenvalue weighted by Gasteiger charge is 2.32. The minimum Gasteiger partial charge on any atom is -0.462 e. The lowest BCUT2D eigenvalue weighted by atomic mass is 10.0. The maximum Gasteiger partial charge on any atom is 0.338 e. The summed E-state index contributed by atoms with van der Waals surface area (Å²) in [7, 11) is 0. The van der Waals surface area contributed by atoms with Crippen LogP contribution in [0.25, 0.3) is 6.08 Å². The summed E-state index contributed by atoms with van der Waals surface area (Å²) in [4.78, 5) is 17.6. The summed E-state index contributed by atoms with van der Waals surface area (Å²) in [6.45, 7) is 4.24. The van der Waals surface area contributed by atoms with Crippen LogP contribution in [0.15, 0.2) is 83.2 Å². The van der Waals surface area contributed by atoms with Gasteiger partial charge in [0.1, 0.15) is 6.04 Å². The molecule has 0 saturated carbocycles. The zero-order chi connectivity index (χ0) is 22.3. The monoisotopic (exact) mass is 446 g/mol. The van der Waals surface area contributed by atoms with Gasteiger partial charge in [-0.3, -0.25) is 0 Å². The predicted molar refractivity (Wildman–Crippen MR) is 128 cm³/mol. The number of hydrogen-bond acceptors (Lipinski definition) is 6. The molecule has 32 heavy (non-hydrogen) atoms. The number of carbonyl (C=O) groups is 1. The van der Waals surface area contributed by atoms with Crippen LogP contribution in [-0.2, 0) is 15.3 Å². The van der Waals surface area contributed by atoms with E-state index in [1.54, 1.807) is 16.4 Å². The Morgan fingerprint density at radius 3 is 2.59 bits per heavy atom. The molecule has 3 aromatic rings. The molecule has 6 nitrogen and oxygen atoms in total. The highest BCUT2D eigenvalue weighted by molar-refractivity contribution is 7.98. The molecule has 1 atom stereocenters. The third-order valence-corrected chi connectivity index (χ3v) is 5.92. The SMILES string of the molecule is CCCOC(=O)C1=C(C)Nc2nc(SCc3ccccc3)nn2C1/C=C/c1ccccc1. The van der Waals surface area contributed by atoms with E-state index in [1.807, 2.05) is 74.5 Å². The van der Waals surface area contributed by atoms with Gasteiger partial charge in [0.25, 0.3) is 0 Å². The van der Waals surface area contributed by atoms with Gasteiger partial charge in [-0.15, -0.1) is 5.10 Å². The van der Waals surface area contributed by atoms with E-state index >= 15 is 0 Å². The highest BCUT2D eigenvalue weighted by atomic mass is 32.2. The van der Waals surface area contributed by atoms with Gasteiger partial charge in [0, 0.05) is 11.4 Å². The van der Waals surface area contributed by atoms with Crippen molar-refractivity contribution in [1.29, 1.82) is 0 Å². The second-order valence-electron chi connectivity index (χ2n) is 7.45. The Morgan fingerprint density at radius 1 is 1.16 bits per heavy atom. The first kappa shape index (κ1) is 21.9. The van der Waals surface area contributed by atoms with Crippen molar-refractivity contribution in [1.82, 2.24) is 14.8 Å². The third-order valence-electron chi connectivity index (χ3n) is 5.01. The lowest BCUT2D eigenvalue weighted by Crippen LogP contribution is -2.28. The first-order chi connectivity index (χ1) is 15.7. The van der Waals surface area contributed by atoms with Crippen molar-refractivity contribution in [2.75, 3.05) is 11.9 Å². The highest BCUT2D eigenvalue weighted by Crippen LogP contribution is 2.34. The molecule has 7 heteroatoms. The van der Waals surface area contributed by atoms with Crippen molar-refractivity contribution in [3.05, 3.63) is 89.1 Å². The summed E-state index contributed by atoms with van der Waals surface area (Å²) in [5, 5.41) is 8.61. The summed E-state index contributed by atoms with van der Waals surface area (Å²) in [5.41, 5.74) is 3.53. The number of fused-ring (bicyclic) bond motifs is 1. The van der Waals surface area contributed by atoms with Crippen LogP contribution >= 0.6 is 11.8 Å². The Morgan fingerprint density at radius 2 is 1.88 bits per heavy atom. The molecule has 0 spiro atoms. The number of nitrogens with one attached hydrogen (secondary N) is 1. The van der Waals surface area contributed by atoms with Crippen LogP contribution in [-0.4, -0.2) is 27.3 Å². The van der Waals surface area contributed by atoms with Crippen LogP contribution in [0.2, 0.25) is 0 Å². The first-order valence-corrected chi connectivity index (χ1v) is 11.7. The fourth-order valence-corrected chi connectivity index (χ4v) is 4.22. The van der Waals surface area contributed by atoms with Crippen LogP contribution in [0.5, 0.6) is 0 Å². The van der Waals surface area contributed by atoms with Crippen molar-refractivity contribution in [2.24, 2.45) is 0 Å². The standard InChI is InChI=1S/C25H26N4O2S/c1-3-16-31-23(30)22-18(2)26-24-27-25(32-17-20-12-8-5-9-13-20)28-29(24)21(22)15-14-19-10-6-4-7-11-19/h4-15,21H,3,16-17H2,1-2H3,(H,26,27,28)/b15-14+. The minimum atomic E-state index is -0.408. The van der Waals surface area contributed by atoms with E-state index in [-0.39, 0.29) is 5.97 Å². The van der Waals surface area contributed by atoms with Gasteiger partial charge in [-0.25, -0.2) is 9.48 Å². The number of thioether (sulfide) groups is 1. The molecule has 1 unspecified atom stereocenters. The second-order valence-corrected chi connectivity index (χ2v) is 8.39. The summed E-state index contributed by atoms with van der Waals surface area (Å²) < 4.78 is 7.24. The van der Waals surface area contributed by atoms with E-state index in [9.17, 15) is 4.79 Å². The molecule has 1 aliphatic heterocycles. The number of esters is 1. The van der Waals surface area contributed by atoms with E-state index < -0.39 is 6.04 Å². The molecule has 0 bridgehead atoms. The molecule has 164 valence electrons. The van der Waals surface area contributed by atoms with Gasteiger partial charge >= 0.3 is 5.97 Å². The van der Waals surface area contributed by atoms with Crippen LogP contribution in [0.1, 0.15) is 37.4 Å². The predicted octanol–water partition coefficient (Wildman–Crippen LogP) is 5.48. The fraction of sp³-hybridized carbons (Fsp3) is 0.240. The molecular formula is C25H26N4O2S. The number of nitrogens with zero attached hydrogens (tertiary/aromatic N) is 3. The van der Waals surface area contributed by atoms with Gasteiger partial charge in [-0.05, 0) is 24.5 Å². The number of anilines is 1. The van der Waals surface area contributed by atoms with Gasteiger partial charge in [0.2, 0.25) is 11.1 Å². The van der Waals surface area contributed by atoms with E-state index in [0.717, 1.165) is 23.4 Å². The van der Waals surface area contributed by atoms with E-state index in [4.69, 9.17) is 9.84 Å². The molecule has 0 amide bonds. The normalized spacial score (nSPS) is 15.5. The molecule has 0 saturated heterocycles. The van der Waals surface area contributed by atoms with Crippen molar-refractivity contribution in [3.63, 3.8) is 0 Å². The second kappa shape index (κ2) is 10.3. The van der Waals surface area contributed by atoms with Gasteiger partial charge in [0.05, 0.1) is 12.2 Å². The molecule has 2 aromatic carbocycles. The van der Waals surface area contributed by atoms with Crippen molar-refractivity contribution in [2.45, 2.75) is 37.2 Å². The Balaban J connectivity index is 1.63. The number of ether oxygens (including phenoxy) is 1. The number of rotatable bonds is 8. The van der Waals surface area contributed by atoms with Crippen LogP contribution in [0.4, 0.5) is 5.95 Å². The lowest BCUT2D eigenvalue weighted by molar-refractivity contribution is -0.139. The molecule has 4 rings (SSSR count). The maximum atomic E-state index is 12.9. The lowest BCUT2D eigenvalue weighted by Gasteiger charge is -2.25. The number of carbonyl (C=O) groups excluding carboxylic acids is 1. The van der Waals surface area contributed by atoms with Crippen LogP contribution < -0.4 is 5.32 Å². The molecule has 2 heterocycles. The van der Waals surface area contributed by atoms with Gasteiger partial charge in [-0.2, -0.15) is 4.98 Å². The summed E-state index contributed by atoms with van der Waals surface area (Å²) >= 11 is 1.57. The van der Waals surface area contributed by atoms with Crippen molar-refractivity contribution < 1.29 is 9.53 Å². The Bertz CT molecular complexity index is 1120. The fourth-order valence-electron chi connectivity index (χ4n) is 3.44. The van der Waals surface area contributed by atoms with Crippen LogP contribution in [0, 0.1) is 0 Å². The van der Waals surface area contributed by atoms with E-state index in [0.29, 0.717) is 23.3 Å². The van der Waals surface area contributed by atoms with Crippen LogP contribution in [0.3, 0.4) is 0 Å². The zero-order valence-electron chi connectivity index (χ0n) is 18.2. The average Bonchev–Trinajstić information content (AvgIpc) is 3.23. The number of allylic oxidation sites excluding steroid dienone is 2. The molecule has 0 radical (unpaired) electrons. The number of benzene rings is 2. The largest absolute Gasteiger partial charge is 0.462 e. The maximum absolute atomic E-state index is 12.9.